The highest BCUT2D eigenvalue weighted by Crippen LogP contribution is 2.26. The Bertz CT molecular complexity index is 513. The normalized spacial score (nSPS) is 13.6. The maximum absolute atomic E-state index is 13.5. The number of benzene rings is 1. The van der Waals surface area contributed by atoms with Gasteiger partial charge in [0.15, 0.2) is 0 Å². The molecule has 1 aromatic carbocycles. The van der Waals surface area contributed by atoms with Crippen LogP contribution in [0.4, 0.5) is 8.78 Å². The molecule has 0 saturated carbocycles. The fraction of sp³-hybridized carbons (Fsp3) is 0.400. The first-order valence-electron chi connectivity index (χ1n) is 4.93. The molecule has 4 nitrogen and oxygen atoms in total. The number of halogens is 3. The van der Waals surface area contributed by atoms with Crippen LogP contribution in [0.2, 0.25) is 0 Å². The van der Waals surface area contributed by atoms with Crippen LogP contribution in [0.3, 0.4) is 0 Å². The van der Waals surface area contributed by atoms with Crippen molar-refractivity contribution >= 4 is 26.0 Å². The topological polar surface area (TPSA) is 55.4 Å². The van der Waals surface area contributed by atoms with Crippen molar-refractivity contribution in [3.05, 3.63) is 28.2 Å². The van der Waals surface area contributed by atoms with E-state index < -0.39 is 32.6 Å². The van der Waals surface area contributed by atoms with Crippen LogP contribution in [0, 0.1) is 11.6 Å². The van der Waals surface area contributed by atoms with Crippen LogP contribution in [0.1, 0.15) is 6.92 Å². The van der Waals surface area contributed by atoms with E-state index in [1.165, 1.54) is 7.11 Å². The van der Waals surface area contributed by atoms with E-state index in [0.717, 1.165) is 6.07 Å². The molecule has 0 amide bonds. The third kappa shape index (κ3) is 3.71. The molecule has 1 unspecified atom stereocenters. The van der Waals surface area contributed by atoms with Crippen molar-refractivity contribution in [1.29, 1.82) is 0 Å². The zero-order valence-electron chi connectivity index (χ0n) is 9.71. The van der Waals surface area contributed by atoms with Gasteiger partial charge in [0.1, 0.15) is 16.5 Å². The number of methoxy groups -OCH3 is 1. The van der Waals surface area contributed by atoms with E-state index in [9.17, 15) is 17.2 Å². The summed E-state index contributed by atoms with van der Waals surface area (Å²) < 4.78 is 57.1. The van der Waals surface area contributed by atoms with Crippen molar-refractivity contribution in [1.82, 2.24) is 4.72 Å². The Labute approximate surface area is 113 Å². The van der Waals surface area contributed by atoms with E-state index in [-0.39, 0.29) is 11.1 Å². The van der Waals surface area contributed by atoms with E-state index >= 15 is 0 Å². The van der Waals surface area contributed by atoms with Gasteiger partial charge in [-0.1, -0.05) is 0 Å². The van der Waals surface area contributed by atoms with Crippen molar-refractivity contribution in [3.63, 3.8) is 0 Å². The fourth-order valence-corrected chi connectivity index (χ4v) is 3.79. The Morgan fingerprint density at radius 1 is 1.44 bits per heavy atom. The van der Waals surface area contributed by atoms with Crippen molar-refractivity contribution in [2.75, 3.05) is 13.7 Å². The van der Waals surface area contributed by atoms with E-state index in [1.54, 1.807) is 6.92 Å². The second-order valence-corrected chi connectivity index (χ2v) is 6.18. The second-order valence-electron chi connectivity index (χ2n) is 3.68. The van der Waals surface area contributed by atoms with Gasteiger partial charge >= 0.3 is 0 Å². The first-order valence-corrected chi connectivity index (χ1v) is 7.21. The molecule has 8 heteroatoms. The smallest absolute Gasteiger partial charge is 0.244 e. The zero-order chi connectivity index (χ0) is 13.9. The van der Waals surface area contributed by atoms with Crippen molar-refractivity contribution in [2.24, 2.45) is 0 Å². The number of rotatable bonds is 5. The highest BCUT2D eigenvalue weighted by Gasteiger charge is 2.25. The van der Waals surface area contributed by atoms with E-state index in [0.29, 0.717) is 6.07 Å². The average Bonchev–Trinajstić information content (AvgIpc) is 2.13. The summed E-state index contributed by atoms with van der Waals surface area (Å²) in [7, 11) is -2.66. The van der Waals surface area contributed by atoms with Gasteiger partial charge < -0.3 is 4.74 Å². The lowest BCUT2D eigenvalue weighted by molar-refractivity contribution is 0.180. The molecule has 0 spiro atoms. The molecule has 0 radical (unpaired) electrons. The standard InChI is InChI=1S/C10H12BrF2NO3S/c1-6(5-17-2)14-18(15,16)10-8(11)3-7(12)4-9(10)13/h3-4,6,14H,5H2,1-2H3. The van der Waals surface area contributed by atoms with Crippen LogP contribution in [0.5, 0.6) is 0 Å². The Balaban J connectivity index is 3.13. The molecule has 0 aliphatic carbocycles. The summed E-state index contributed by atoms with van der Waals surface area (Å²) in [6, 6.07) is 0.871. The van der Waals surface area contributed by atoms with Crippen LogP contribution in [-0.2, 0) is 14.8 Å². The van der Waals surface area contributed by atoms with E-state index in [1.807, 2.05) is 0 Å². The van der Waals surface area contributed by atoms with Crippen LogP contribution < -0.4 is 4.72 Å². The Kier molecular flexibility index (Phi) is 5.20. The number of hydrogen-bond donors (Lipinski definition) is 1. The van der Waals surface area contributed by atoms with E-state index in [4.69, 9.17) is 4.74 Å². The fourth-order valence-electron chi connectivity index (χ4n) is 1.39. The summed E-state index contributed by atoms with van der Waals surface area (Å²) in [5.74, 6) is -2.01. The molecule has 0 bridgehead atoms. The number of sulfonamides is 1. The molecule has 0 fully saturated rings. The SMILES string of the molecule is COCC(C)NS(=O)(=O)c1c(F)cc(F)cc1Br. The lowest BCUT2D eigenvalue weighted by Gasteiger charge is -2.14. The molecule has 1 aromatic rings. The molecule has 0 aromatic heterocycles. The lowest BCUT2D eigenvalue weighted by atomic mass is 10.3. The molecule has 0 heterocycles. The summed E-state index contributed by atoms with van der Waals surface area (Å²) >= 11 is 2.83. The van der Waals surface area contributed by atoms with Gasteiger partial charge in [-0.15, -0.1) is 0 Å². The third-order valence-electron chi connectivity index (χ3n) is 2.00. The molecule has 1 rings (SSSR count). The van der Waals surface area contributed by atoms with Crippen molar-refractivity contribution in [3.8, 4) is 0 Å². The van der Waals surface area contributed by atoms with Crippen LogP contribution in [0.25, 0.3) is 0 Å². The molecule has 0 aliphatic heterocycles. The summed E-state index contributed by atoms with van der Waals surface area (Å²) in [5, 5.41) is 0. The van der Waals surface area contributed by atoms with Gasteiger partial charge in [0.2, 0.25) is 10.0 Å². The lowest BCUT2D eigenvalue weighted by Crippen LogP contribution is -2.36. The van der Waals surface area contributed by atoms with Gasteiger partial charge in [0.25, 0.3) is 0 Å². The minimum absolute atomic E-state index is 0.139. The van der Waals surface area contributed by atoms with Crippen molar-refractivity contribution in [2.45, 2.75) is 17.9 Å². The van der Waals surface area contributed by atoms with Gasteiger partial charge in [-0.05, 0) is 28.9 Å². The predicted molar refractivity (Wildman–Crippen MR) is 65.7 cm³/mol. The molecule has 1 N–H and O–H groups in total. The van der Waals surface area contributed by atoms with Gasteiger partial charge in [0, 0.05) is 23.7 Å². The Hall–Kier alpha value is -0.570. The molecular weight excluding hydrogens is 332 g/mol. The van der Waals surface area contributed by atoms with Crippen LogP contribution in [-0.4, -0.2) is 28.2 Å². The summed E-state index contributed by atoms with van der Waals surface area (Å²) in [6.45, 7) is 1.70. The number of nitrogens with one attached hydrogen (secondary N) is 1. The summed E-state index contributed by atoms with van der Waals surface area (Å²) in [5.41, 5.74) is 0. The van der Waals surface area contributed by atoms with E-state index in [2.05, 4.69) is 20.7 Å². The van der Waals surface area contributed by atoms with Gasteiger partial charge in [-0.2, -0.15) is 0 Å². The average molecular weight is 344 g/mol. The molecule has 18 heavy (non-hydrogen) atoms. The maximum Gasteiger partial charge on any atom is 0.244 e. The molecular formula is C10H12BrF2NO3S. The van der Waals surface area contributed by atoms with Crippen molar-refractivity contribution < 1.29 is 21.9 Å². The molecule has 1 atom stereocenters. The highest BCUT2D eigenvalue weighted by molar-refractivity contribution is 9.10. The third-order valence-corrected chi connectivity index (χ3v) is 4.56. The summed E-state index contributed by atoms with van der Waals surface area (Å²) in [4.78, 5) is -0.619. The predicted octanol–water partition coefficient (Wildman–Crippen LogP) is 2.04. The highest BCUT2D eigenvalue weighted by atomic mass is 79.9. The monoisotopic (exact) mass is 343 g/mol. The minimum Gasteiger partial charge on any atom is -0.383 e. The minimum atomic E-state index is -4.08. The zero-order valence-corrected chi connectivity index (χ0v) is 12.1. The van der Waals surface area contributed by atoms with Crippen LogP contribution in [0.15, 0.2) is 21.5 Å². The maximum atomic E-state index is 13.5. The Morgan fingerprint density at radius 2 is 2.06 bits per heavy atom. The Morgan fingerprint density at radius 3 is 2.56 bits per heavy atom. The van der Waals surface area contributed by atoms with Gasteiger partial charge in [0.05, 0.1) is 6.61 Å². The quantitative estimate of drug-likeness (QED) is 0.890. The molecule has 102 valence electrons. The summed E-state index contributed by atoms with van der Waals surface area (Å²) in [6.07, 6.45) is 0. The number of hydrogen-bond acceptors (Lipinski definition) is 3. The number of ether oxygens (including phenoxy) is 1. The second kappa shape index (κ2) is 6.05. The molecule has 0 aliphatic rings. The largest absolute Gasteiger partial charge is 0.383 e. The first-order chi connectivity index (χ1) is 8.27. The first kappa shape index (κ1) is 15.5. The molecule has 0 saturated heterocycles. The van der Waals surface area contributed by atoms with Crippen LogP contribution >= 0.6 is 15.9 Å². The van der Waals surface area contributed by atoms with Gasteiger partial charge in [-0.25, -0.2) is 21.9 Å². The van der Waals surface area contributed by atoms with Gasteiger partial charge in [-0.3, -0.25) is 0 Å².